The summed E-state index contributed by atoms with van der Waals surface area (Å²) in [5, 5.41) is 9.18. The van der Waals surface area contributed by atoms with E-state index in [1.54, 1.807) is 12.1 Å². The van der Waals surface area contributed by atoms with Gasteiger partial charge in [-0.05, 0) is 55.4 Å². The van der Waals surface area contributed by atoms with Crippen LogP contribution in [0.3, 0.4) is 0 Å². The molecule has 7 heteroatoms. The summed E-state index contributed by atoms with van der Waals surface area (Å²) in [6, 6.07) is 5.96. The van der Waals surface area contributed by atoms with Gasteiger partial charge in [0.1, 0.15) is 0 Å². The van der Waals surface area contributed by atoms with Crippen molar-refractivity contribution in [3.63, 3.8) is 0 Å². The highest BCUT2D eigenvalue weighted by molar-refractivity contribution is 7.89. The second-order valence-electron chi connectivity index (χ2n) is 6.84. The molecule has 2 N–H and O–H groups in total. The van der Waals surface area contributed by atoms with Gasteiger partial charge >= 0.3 is 5.97 Å². The van der Waals surface area contributed by atoms with Crippen molar-refractivity contribution in [1.29, 1.82) is 0 Å². The lowest BCUT2D eigenvalue weighted by Crippen LogP contribution is -2.42. The molecule has 140 valence electrons. The van der Waals surface area contributed by atoms with Gasteiger partial charge in [0.05, 0.1) is 4.90 Å². The highest BCUT2D eigenvalue weighted by atomic mass is 35.5. The van der Waals surface area contributed by atoms with Crippen LogP contribution in [0.25, 0.3) is 0 Å². The van der Waals surface area contributed by atoms with E-state index in [0.717, 1.165) is 6.42 Å². The molecule has 1 fully saturated rings. The third kappa shape index (κ3) is 4.37. The zero-order chi connectivity index (χ0) is 18.7. The number of fused-ring (bicyclic) bond motifs is 2. The summed E-state index contributed by atoms with van der Waals surface area (Å²) < 4.78 is 28.3. The summed E-state index contributed by atoms with van der Waals surface area (Å²) in [4.78, 5) is 10.8. The molecular weight excluding hydrogens is 374 g/mol. The van der Waals surface area contributed by atoms with Crippen LogP contribution < -0.4 is 4.72 Å². The van der Waals surface area contributed by atoms with Gasteiger partial charge in [-0.2, -0.15) is 0 Å². The highest BCUT2D eigenvalue weighted by Crippen LogP contribution is 2.45. The Morgan fingerprint density at radius 2 is 1.92 bits per heavy atom. The molecule has 0 amide bonds. The van der Waals surface area contributed by atoms with Crippen LogP contribution >= 0.6 is 11.6 Å². The second-order valence-corrected chi connectivity index (χ2v) is 8.99. The number of hydrogen-bond acceptors (Lipinski definition) is 3. The maximum Gasteiger partial charge on any atom is 0.303 e. The number of aliphatic carboxylic acids is 1. The number of nitrogens with one attached hydrogen (secondary N) is 1. The first kappa shape index (κ1) is 19.1. The molecule has 3 rings (SSSR count). The fraction of sp³-hybridized carbons (Fsp3) is 0.421. The summed E-state index contributed by atoms with van der Waals surface area (Å²) in [6.07, 6.45) is 10.6. The van der Waals surface area contributed by atoms with Crippen molar-refractivity contribution in [2.24, 2.45) is 17.8 Å². The molecule has 26 heavy (non-hydrogen) atoms. The minimum atomic E-state index is -3.62. The van der Waals surface area contributed by atoms with Crippen molar-refractivity contribution in [3.8, 4) is 0 Å². The predicted molar refractivity (Wildman–Crippen MR) is 100 cm³/mol. The monoisotopic (exact) mass is 395 g/mol. The average Bonchev–Trinajstić information content (AvgIpc) is 3.17. The number of hydrogen-bond donors (Lipinski definition) is 2. The van der Waals surface area contributed by atoms with Crippen LogP contribution in [0.4, 0.5) is 0 Å². The van der Waals surface area contributed by atoms with Crippen LogP contribution in [0.2, 0.25) is 5.02 Å². The van der Waals surface area contributed by atoms with E-state index in [9.17, 15) is 13.2 Å². The van der Waals surface area contributed by atoms with E-state index < -0.39 is 16.0 Å². The van der Waals surface area contributed by atoms with Gasteiger partial charge in [0.15, 0.2) is 0 Å². The Balaban J connectivity index is 1.69. The molecule has 0 heterocycles. The van der Waals surface area contributed by atoms with Crippen molar-refractivity contribution in [2.45, 2.75) is 36.6 Å². The zero-order valence-electron chi connectivity index (χ0n) is 14.2. The van der Waals surface area contributed by atoms with E-state index >= 15 is 0 Å². The number of carboxylic acids is 1. The molecule has 1 aromatic rings. The van der Waals surface area contributed by atoms with Gasteiger partial charge in [-0.25, -0.2) is 13.1 Å². The van der Waals surface area contributed by atoms with Crippen molar-refractivity contribution in [1.82, 2.24) is 4.72 Å². The first-order chi connectivity index (χ1) is 12.4. The topological polar surface area (TPSA) is 83.5 Å². The van der Waals surface area contributed by atoms with Crippen molar-refractivity contribution < 1.29 is 18.3 Å². The lowest BCUT2D eigenvalue weighted by atomic mass is 9.89. The molecule has 4 atom stereocenters. The summed E-state index contributed by atoms with van der Waals surface area (Å²) in [5.74, 6) is -0.184. The fourth-order valence-corrected chi connectivity index (χ4v) is 5.22. The standard InChI is InChI=1S/C19H22ClNO4S/c20-15-8-10-16(11-9-15)26(24,25)21-19-14-7-6-13(12-14)17(19)4-2-1-3-5-18(22)23/h2,4,6-11,13-14,17,19,21H,1,3,5,12H2,(H,22,23)/b4-2-/t13-,14+,17+,19+/m1/s1. The Kier molecular flexibility index (Phi) is 5.85. The highest BCUT2D eigenvalue weighted by Gasteiger charge is 2.44. The van der Waals surface area contributed by atoms with Crippen molar-refractivity contribution in [2.75, 3.05) is 0 Å². The number of carbonyl (C=O) groups is 1. The van der Waals surface area contributed by atoms with Gasteiger partial charge < -0.3 is 5.11 Å². The Morgan fingerprint density at radius 3 is 2.62 bits per heavy atom. The molecule has 2 aliphatic rings. The first-order valence-corrected chi connectivity index (χ1v) is 10.6. The smallest absolute Gasteiger partial charge is 0.303 e. The lowest BCUT2D eigenvalue weighted by Gasteiger charge is -2.26. The minimum absolute atomic E-state index is 0.0944. The molecule has 2 bridgehead atoms. The third-order valence-corrected chi connectivity index (χ3v) is 6.78. The van der Waals surface area contributed by atoms with Gasteiger partial charge in [-0.1, -0.05) is 35.9 Å². The van der Waals surface area contributed by atoms with E-state index in [4.69, 9.17) is 16.7 Å². The molecule has 0 radical (unpaired) electrons. The maximum absolute atomic E-state index is 12.7. The molecule has 0 saturated heterocycles. The maximum atomic E-state index is 12.7. The number of sulfonamides is 1. The summed E-state index contributed by atoms with van der Waals surface area (Å²) in [5.41, 5.74) is 0. The van der Waals surface area contributed by atoms with Crippen LogP contribution in [-0.2, 0) is 14.8 Å². The molecule has 0 aromatic heterocycles. The van der Waals surface area contributed by atoms with Gasteiger partial charge in [-0.3, -0.25) is 4.79 Å². The van der Waals surface area contributed by atoms with Gasteiger partial charge in [0.2, 0.25) is 10.0 Å². The molecule has 5 nitrogen and oxygen atoms in total. The van der Waals surface area contributed by atoms with Crippen LogP contribution in [0.1, 0.15) is 25.7 Å². The molecule has 0 aliphatic heterocycles. The molecule has 1 saturated carbocycles. The van der Waals surface area contributed by atoms with E-state index in [0.29, 0.717) is 23.8 Å². The molecule has 0 unspecified atom stereocenters. The Hall–Kier alpha value is -1.63. The number of carboxylic acid groups (broad SMARTS) is 1. The largest absolute Gasteiger partial charge is 0.481 e. The number of allylic oxidation sites excluding steroid dienone is 2. The zero-order valence-corrected chi connectivity index (χ0v) is 15.8. The number of unbranched alkanes of at least 4 members (excludes halogenated alkanes) is 1. The average molecular weight is 396 g/mol. The van der Waals surface area contributed by atoms with Crippen LogP contribution in [0.15, 0.2) is 53.5 Å². The minimum Gasteiger partial charge on any atom is -0.481 e. The first-order valence-electron chi connectivity index (χ1n) is 8.71. The fourth-order valence-electron chi connectivity index (χ4n) is 3.77. The van der Waals surface area contributed by atoms with Crippen LogP contribution in [0, 0.1) is 17.8 Å². The predicted octanol–water partition coefficient (Wildman–Crippen LogP) is 3.62. The van der Waals surface area contributed by atoms with Crippen molar-refractivity contribution >= 4 is 27.6 Å². The number of halogens is 1. The summed E-state index contributed by atoms with van der Waals surface area (Å²) >= 11 is 5.84. The van der Waals surface area contributed by atoms with Crippen LogP contribution in [0.5, 0.6) is 0 Å². The van der Waals surface area contributed by atoms with Crippen LogP contribution in [-0.4, -0.2) is 25.5 Å². The van der Waals surface area contributed by atoms with Crippen molar-refractivity contribution in [3.05, 3.63) is 53.6 Å². The molecule has 1 aromatic carbocycles. The molecule has 0 spiro atoms. The number of rotatable bonds is 8. The Morgan fingerprint density at radius 1 is 1.23 bits per heavy atom. The second kappa shape index (κ2) is 7.94. The molecular formula is C19H22ClNO4S. The van der Waals surface area contributed by atoms with E-state index in [1.165, 1.54) is 12.1 Å². The SMILES string of the molecule is O=C(O)CCC/C=C\[C@@H]1[C@@H](NS(=O)(=O)c2ccc(Cl)cc2)[C@H]2C=C[C@@H]1C2. The van der Waals surface area contributed by atoms with E-state index in [1.807, 2.05) is 12.2 Å². The number of benzene rings is 1. The normalized spacial score (nSPS) is 27.4. The van der Waals surface area contributed by atoms with Gasteiger partial charge in [0, 0.05) is 23.4 Å². The summed E-state index contributed by atoms with van der Waals surface area (Å²) in [7, 11) is -3.62. The molecule has 2 aliphatic carbocycles. The van der Waals surface area contributed by atoms with Gasteiger partial charge in [-0.15, -0.1) is 0 Å². The van der Waals surface area contributed by atoms with Gasteiger partial charge in [0.25, 0.3) is 0 Å². The van der Waals surface area contributed by atoms with E-state index in [2.05, 4.69) is 16.9 Å². The lowest BCUT2D eigenvalue weighted by molar-refractivity contribution is -0.137. The Bertz CT molecular complexity index is 816. The summed E-state index contributed by atoms with van der Waals surface area (Å²) in [6.45, 7) is 0. The quantitative estimate of drug-likeness (QED) is 0.520. The van der Waals surface area contributed by atoms with E-state index in [-0.39, 0.29) is 29.2 Å². The Labute approximate surface area is 158 Å². The third-order valence-electron chi connectivity index (χ3n) is 5.06.